The summed E-state index contributed by atoms with van der Waals surface area (Å²) in [6, 6.07) is 20.5. The predicted octanol–water partition coefficient (Wildman–Crippen LogP) is 4.93. The number of hydrogen-bond donors (Lipinski definition) is 3. The molecule has 0 bridgehead atoms. The molecule has 0 unspecified atom stereocenters. The molecule has 1 amide bonds. The Hall–Kier alpha value is -4.21. The number of carbonyl (C=O) groups excluding carboxylic acids is 1. The van der Waals surface area contributed by atoms with Crippen LogP contribution < -0.4 is 9.62 Å². The van der Waals surface area contributed by atoms with Gasteiger partial charge in [0.2, 0.25) is 10.0 Å². The molecule has 8 nitrogen and oxygen atoms in total. The van der Waals surface area contributed by atoms with Crippen LogP contribution in [0.3, 0.4) is 0 Å². The van der Waals surface area contributed by atoms with E-state index in [9.17, 15) is 23.4 Å². The van der Waals surface area contributed by atoms with E-state index in [1.807, 2.05) is 62.4 Å². The van der Waals surface area contributed by atoms with E-state index in [4.69, 9.17) is 0 Å². The number of aromatic nitrogens is 1. The van der Waals surface area contributed by atoms with Crippen LogP contribution in [0, 0.1) is 6.92 Å². The van der Waals surface area contributed by atoms with Gasteiger partial charge in [-0.15, -0.1) is 0 Å². The number of carbonyl (C=O) groups is 1. The lowest BCUT2D eigenvalue weighted by atomic mass is 9.92. The number of benzene rings is 3. The summed E-state index contributed by atoms with van der Waals surface area (Å²) >= 11 is 0. The quantitative estimate of drug-likeness (QED) is 0.317. The van der Waals surface area contributed by atoms with Gasteiger partial charge in [0.05, 0.1) is 11.3 Å². The first-order valence-corrected chi connectivity index (χ1v) is 14.1. The molecule has 0 saturated carbocycles. The van der Waals surface area contributed by atoms with Crippen molar-refractivity contribution < 1.29 is 23.4 Å². The van der Waals surface area contributed by atoms with Crippen molar-refractivity contribution in [1.82, 2.24) is 9.71 Å². The molecule has 3 N–H and O–H groups in total. The number of phenols is 2. The number of pyridine rings is 1. The SMILES string of the molecule is Cc1cc(S(=O)(=O)NCc2ccccc2)cnc1-c1ccc2c(c1)CC[C@H](C)N2C(=O)c1ccc(O)cc1O. The monoisotopic (exact) mass is 543 g/mol. The number of phenolic OH excluding ortho intramolecular Hbond substituents is 2. The Kier molecular flexibility index (Phi) is 7.12. The van der Waals surface area contributed by atoms with Crippen LogP contribution in [0.15, 0.2) is 83.9 Å². The number of hydrogen-bond acceptors (Lipinski definition) is 6. The van der Waals surface area contributed by atoms with Gasteiger partial charge in [-0.3, -0.25) is 9.78 Å². The predicted molar refractivity (Wildman–Crippen MR) is 149 cm³/mol. The third kappa shape index (κ3) is 5.36. The van der Waals surface area contributed by atoms with Gasteiger partial charge in [0.15, 0.2) is 0 Å². The van der Waals surface area contributed by atoms with Crippen molar-refractivity contribution in [2.75, 3.05) is 4.90 Å². The van der Waals surface area contributed by atoms with Crippen molar-refractivity contribution in [2.45, 2.75) is 44.2 Å². The molecule has 1 aromatic heterocycles. The highest BCUT2D eigenvalue weighted by atomic mass is 32.2. The minimum atomic E-state index is -3.74. The van der Waals surface area contributed by atoms with Crippen molar-refractivity contribution in [3.05, 3.63) is 101 Å². The molecule has 0 aliphatic carbocycles. The van der Waals surface area contributed by atoms with E-state index in [-0.39, 0.29) is 40.5 Å². The molecule has 0 fully saturated rings. The first-order chi connectivity index (χ1) is 18.6. The second-order valence-corrected chi connectivity index (χ2v) is 11.5. The molecular weight excluding hydrogens is 514 g/mol. The van der Waals surface area contributed by atoms with Crippen molar-refractivity contribution in [2.24, 2.45) is 0 Å². The summed E-state index contributed by atoms with van der Waals surface area (Å²) in [7, 11) is -3.74. The van der Waals surface area contributed by atoms with Gasteiger partial charge < -0.3 is 15.1 Å². The zero-order valence-corrected chi connectivity index (χ0v) is 22.4. The molecule has 0 saturated heterocycles. The van der Waals surface area contributed by atoms with E-state index >= 15 is 0 Å². The Morgan fingerprint density at radius 2 is 1.82 bits per heavy atom. The van der Waals surface area contributed by atoms with Gasteiger partial charge >= 0.3 is 0 Å². The lowest BCUT2D eigenvalue weighted by molar-refractivity contribution is 0.0972. The van der Waals surface area contributed by atoms with Crippen LogP contribution in [-0.2, 0) is 23.0 Å². The van der Waals surface area contributed by atoms with Crippen molar-refractivity contribution in [3.8, 4) is 22.8 Å². The van der Waals surface area contributed by atoms with Crippen LogP contribution in [0.5, 0.6) is 11.5 Å². The largest absolute Gasteiger partial charge is 0.508 e. The Balaban J connectivity index is 1.41. The first kappa shape index (κ1) is 26.4. The number of anilines is 1. The summed E-state index contributed by atoms with van der Waals surface area (Å²) in [6.07, 6.45) is 2.85. The Morgan fingerprint density at radius 3 is 2.54 bits per heavy atom. The zero-order chi connectivity index (χ0) is 27.7. The van der Waals surface area contributed by atoms with Crippen LogP contribution in [0.1, 0.15) is 40.4 Å². The van der Waals surface area contributed by atoms with E-state index in [0.29, 0.717) is 11.3 Å². The summed E-state index contributed by atoms with van der Waals surface area (Å²) in [4.78, 5) is 19.7. The number of nitrogens with one attached hydrogen (secondary N) is 1. The van der Waals surface area contributed by atoms with Gasteiger partial charge in [-0.25, -0.2) is 13.1 Å². The summed E-state index contributed by atoms with van der Waals surface area (Å²) in [5, 5.41) is 19.9. The highest BCUT2D eigenvalue weighted by Gasteiger charge is 2.31. The number of sulfonamides is 1. The molecule has 2 heterocycles. The second kappa shape index (κ2) is 10.5. The average molecular weight is 544 g/mol. The number of fused-ring (bicyclic) bond motifs is 1. The summed E-state index contributed by atoms with van der Waals surface area (Å²) < 4.78 is 28.4. The molecular formula is C30H29N3O5S. The lowest BCUT2D eigenvalue weighted by Gasteiger charge is -2.35. The molecule has 5 rings (SSSR count). The van der Waals surface area contributed by atoms with Gasteiger partial charge in [0, 0.05) is 36.1 Å². The number of aryl methyl sites for hydroxylation is 2. The Morgan fingerprint density at radius 1 is 1.05 bits per heavy atom. The number of rotatable bonds is 6. The molecule has 4 aromatic rings. The van der Waals surface area contributed by atoms with Crippen LogP contribution in [0.2, 0.25) is 0 Å². The molecule has 0 spiro atoms. The maximum absolute atomic E-state index is 13.4. The van der Waals surface area contributed by atoms with Gasteiger partial charge in [-0.05, 0) is 73.7 Å². The molecule has 3 aromatic carbocycles. The maximum Gasteiger partial charge on any atom is 0.262 e. The van der Waals surface area contributed by atoms with Gasteiger partial charge in [-0.1, -0.05) is 36.4 Å². The smallest absolute Gasteiger partial charge is 0.262 e. The molecule has 1 aliphatic rings. The fourth-order valence-corrected chi connectivity index (χ4v) is 5.94. The topological polar surface area (TPSA) is 120 Å². The lowest BCUT2D eigenvalue weighted by Crippen LogP contribution is -2.42. The summed E-state index contributed by atoms with van der Waals surface area (Å²) in [5.74, 6) is -0.737. The second-order valence-electron chi connectivity index (χ2n) is 9.75. The average Bonchev–Trinajstić information content (AvgIpc) is 2.92. The van der Waals surface area contributed by atoms with E-state index in [1.165, 1.54) is 18.3 Å². The maximum atomic E-state index is 13.4. The number of amides is 1. The zero-order valence-electron chi connectivity index (χ0n) is 21.6. The summed E-state index contributed by atoms with van der Waals surface area (Å²) in [5.41, 5.74) is 4.88. The number of nitrogens with zero attached hydrogens (tertiary/aromatic N) is 2. The van der Waals surface area contributed by atoms with Gasteiger partial charge in [0.1, 0.15) is 16.4 Å². The van der Waals surface area contributed by atoms with E-state index in [2.05, 4.69) is 9.71 Å². The van der Waals surface area contributed by atoms with Crippen molar-refractivity contribution in [3.63, 3.8) is 0 Å². The fraction of sp³-hybridized carbons (Fsp3) is 0.200. The minimum Gasteiger partial charge on any atom is -0.508 e. The highest BCUT2D eigenvalue weighted by molar-refractivity contribution is 7.89. The van der Waals surface area contributed by atoms with Crippen molar-refractivity contribution >= 4 is 21.6 Å². The third-order valence-electron chi connectivity index (χ3n) is 6.99. The van der Waals surface area contributed by atoms with Crippen LogP contribution in [-0.4, -0.2) is 35.6 Å². The summed E-state index contributed by atoms with van der Waals surface area (Å²) in [6.45, 7) is 3.97. The Labute approximate surface area is 227 Å². The standard InChI is InChI=1S/C30H29N3O5S/c1-19-14-25(39(37,38)32-17-21-6-4-3-5-7-21)18-31-29(19)23-10-13-27-22(15-23)9-8-20(2)33(27)30(36)26-12-11-24(34)16-28(26)35/h3-7,10-16,18,20,32,34-35H,8-9,17H2,1-2H3/t20-/m0/s1. The molecule has 1 atom stereocenters. The normalized spacial score (nSPS) is 15.1. The first-order valence-electron chi connectivity index (χ1n) is 12.6. The molecule has 39 heavy (non-hydrogen) atoms. The molecule has 0 radical (unpaired) electrons. The van der Waals surface area contributed by atoms with Gasteiger partial charge in [0.25, 0.3) is 5.91 Å². The fourth-order valence-electron chi connectivity index (χ4n) is 4.89. The van der Waals surface area contributed by atoms with Gasteiger partial charge in [-0.2, -0.15) is 0 Å². The van der Waals surface area contributed by atoms with E-state index < -0.39 is 10.0 Å². The van der Waals surface area contributed by atoms with E-state index in [1.54, 1.807) is 11.0 Å². The van der Waals surface area contributed by atoms with Crippen LogP contribution in [0.4, 0.5) is 5.69 Å². The highest BCUT2D eigenvalue weighted by Crippen LogP contribution is 2.37. The minimum absolute atomic E-state index is 0.0863. The number of aromatic hydroxyl groups is 2. The molecule has 1 aliphatic heterocycles. The molecule has 9 heteroatoms. The Bertz CT molecular complexity index is 1650. The third-order valence-corrected chi connectivity index (χ3v) is 8.36. The van der Waals surface area contributed by atoms with Crippen LogP contribution >= 0.6 is 0 Å². The van der Waals surface area contributed by atoms with Crippen molar-refractivity contribution in [1.29, 1.82) is 0 Å². The van der Waals surface area contributed by atoms with E-state index in [0.717, 1.165) is 41.3 Å². The van der Waals surface area contributed by atoms with Crippen LogP contribution in [0.25, 0.3) is 11.3 Å². The molecule has 200 valence electrons.